The summed E-state index contributed by atoms with van der Waals surface area (Å²) in [6, 6.07) is 83.6. The second kappa shape index (κ2) is 14.8. The molecule has 292 valence electrons. The van der Waals surface area contributed by atoms with E-state index in [1.165, 1.54) is 106 Å². The second-order valence-electron chi connectivity index (χ2n) is 16.7. The second-order valence-corrected chi connectivity index (χ2v) is 16.7. The van der Waals surface area contributed by atoms with Crippen LogP contribution in [0.3, 0.4) is 0 Å². The molecule has 0 fully saturated rings. The lowest BCUT2D eigenvalue weighted by atomic mass is 9.66. The molecule has 2 aliphatic carbocycles. The lowest BCUT2D eigenvalue weighted by Crippen LogP contribution is -2.29. The Balaban J connectivity index is 1.27. The fraction of sp³-hybridized carbons (Fsp3) is 0.0492. The summed E-state index contributed by atoms with van der Waals surface area (Å²) in [5, 5.41) is 1.30. The molecule has 0 atom stereocenters. The van der Waals surface area contributed by atoms with E-state index in [1.54, 1.807) is 0 Å². The molecule has 1 heterocycles. The van der Waals surface area contributed by atoms with Crippen LogP contribution in [0.4, 0.5) is 0 Å². The molecule has 1 nitrogen and oxygen atoms in total. The number of rotatable bonds is 7. The molecule has 0 bridgehead atoms. The van der Waals surface area contributed by atoms with Crippen molar-refractivity contribution in [3.05, 3.63) is 264 Å². The van der Waals surface area contributed by atoms with Gasteiger partial charge in [0, 0.05) is 22.3 Å². The molecular formula is C61H43N. The molecule has 9 aromatic carbocycles. The molecule has 12 rings (SSSR count). The van der Waals surface area contributed by atoms with Crippen LogP contribution in [0, 0.1) is 0 Å². The van der Waals surface area contributed by atoms with Gasteiger partial charge in [-0.2, -0.15) is 0 Å². The third-order valence-corrected chi connectivity index (χ3v) is 13.3. The molecule has 0 aliphatic heterocycles. The first-order valence-corrected chi connectivity index (χ1v) is 21.8. The van der Waals surface area contributed by atoms with Gasteiger partial charge in [0.05, 0.1) is 10.9 Å². The summed E-state index contributed by atoms with van der Waals surface area (Å²) >= 11 is 0. The van der Waals surface area contributed by atoms with Gasteiger partial charge in [0.1, 0.15) is 0 Å². The molecule has 2 aliphatic rings. The van der Waals surface area contributed by atoms with Gasteiger partial charge >= 0.3 is 0 Å². The molecule has 0 saturated carbocycles. The van der Waals surface area contributed by atoms with E-state index < -0.39 is 5.41 Å². The number of fused-ring (bicyclic) bond motifs is 6. The molecule has 1 heteroatoms. The van der Waals surface area contributed by atoms with Crippen molar-refractivity contribution in [2.24, 2.45) is 0 Å². The maximum atomic E-state index is 2.57. The minimum Gasteiger partial charge on any atom is -0.313 e. The van der Waals surface area contributed by atoms with Crippen molar-refractivity contribution >= 4 is 17.0 Å². The summed E-state index contributed by atoms with van der Waals surface area (Å²) < 4.78 is 2.55. The summed E-state index contributed by atoms with van der Waals surface area (Å²) in [5.74, 6) is 0. The Labute approximate surface area is 363 Å². The van der Waals surface area contributed by atoms with Crippen molar-refractivity contribution in [2.75, 3.05) is 0 Å². The van der Waals surface area contributed by atoms with Crippen LogP contribution in [0.25, 0.3) is 78.3 Å². The Hall–Kier alpha value is -7.74. The first-order chi connectivity index (χ1) is 30.7. The van der Waals surface area contributed by atoms with Gasteiger partial charge in [0.2, 0.25) is 0 Å². The first-order valence-electron chi connectivity index (χ1n) is 21.8. The van der Waals surface area contributed by atoms with Crippen molar-refractivity contribution < 1.29 is 0 Å². The van der Waals surface area contributed by atoms with Gasteiger partial charge in [-0.3, -0.25) is 0 Å². The molecule has 0 amide bonds. The standard InChI is InChI=1S/C61H43N/c1-6-20-42(21-7-1)46-34-47(43-22-8-2-9-23-43)37-50(36-46)61(51-38-48(44-24-10-3-11-25-44)35-49(39-51)45-26-12-4-13-27-45)57-32-18-16-30-53(57)55-40-56-54-31-17-19-33-59(54)62(60(56)41-58(55)61)52-28-14-5-15-29-52/h1-18,20-32,34-41H,19,33H2. The summed E-state index contributed by atoms with van der Waals surface area (Å²) in [4.78, 5) is 0. The van der Waals surface area contributed by atoms with Crippen LogP contribution in [0.5, 0.6) is 0 Å². The van der Waals surface area contributed by atoms with E-state index in [1.807, 2.05) is 0 Å². The van der Waals surface area contributed by atoms with Gasteiger partial charge in [-0.05, 0) is 151 Å². The maximum Gasteiger partial charge on any atom is 0.0715 e. The minimum absolute atomic E-state index is 0.703. The van der Waals surface area contributed by atoms with Gasteiger partial charge in [0.15, 0.2) is 0 Å². The van der Waals surface area contributed by atoms with Crippen molar-refractivity contribution in [3.8, 4) is 61.3 Å². The van der Waals surface area contributed by atoms with Gasteiger partial charge < -0.3 is 4.57 Å². The Bertz CT molecular complexity index is 3060. The third-order valence-electron chi connectivity index (χ3n) is 13.3. The zero-order chi connectivity index (χ0) is 41.0. The van der Waals surface area contributed by atoms with E-state index >= 15 is 0 Å². The lowest BCUT2D eigenvalue weighted by Gasteiger charge is -2.35. The van der Waals surface area contributed by atoms with E-state index in [9.17, 15) is 0 Å². The number of hydrogen-bond acceptors (Lipinski definition) is 0. The molecule has 10 aromatic rings. The largest absolute Gasteiger partial charge is 0.313 e. The third kappa shape index (κ3) is 5.77. The van der Waals surface area contributed by atoms with Gasteiger partial charge in [-0.25, -0.2) is 0 Å². The molecule has 0 radical (unpaired) electrons. The average molecular weight is 790 g/mol. The predicted molar refractivity (Wildman–Crippen MR) is 260 cm³/mol. The highest BCUT2D eigenvalue weighted by Crippen LogP contribution is 2.59. The fourth-order valence-corrected chi connectivity index (χ4v) is 10.5. The van der Waals surface area contributed by atoms with E-state index in [4.69, 9.17) is 0 Å². The van der Waals surface area contributed by atoms with E-state index in [2.05, 4.69) is 241 Å². The van der Waals surface area contributed by atoms with Crippen molar-refractivity contribution in [1.82, 2.24) is 4.57 Å². The van der Waals surface area contributed by atoms with Crippen molar-refractivity contribution in [3.63, 3.8) is 0 Å². The number of hydrogen-bond donors (Lipinski definition) is 0. The Morgan fingerprint density at radius 1 is 0.371 bits per heavy atom. The molecule has 0 spiro atoms. The van der Waals surface area contributed by atoms with Crippen LogP contribution < -0.4 is 0 Å². The summed E-state index contributed by atoms with van der Waals surface area (Å²) in [7, 11) is 0. The summed E-state index contributed by atoms with van der Waals surface area (Å²) in [5.41, 5.74) is 21.7. The quantitative estimate of drug-likeness (QED) is 0.152. The van der Waals surface area contributed by atoms with Crippen LogP contribution in [-0.2, 0) is 11.8 Å². The van der Waals surface area contributed by atoms with E-state index in [0.29, 0.717) is 0 Å². The van der Waals surface area contributed by atoms with Crippen LogP contribution >= 0.6 is 0 Å². The number of para-hydroxylation sites is 1. The van der Waals surface area contributed by atoms with Gasteiger partial charge in [-0.1, -0.05) is 176 Å². The molecule has 0 unspecified atom stereocenters. The summed E-state index contributed by atoms with van der Waals surface area (Å²) in [6.07, 6.45) is 6.75. The van der Waals surface area contributed by atoms with Crippen LogP contribution in [0.15, 0.2) is 231 Å². The normalized spacial score (nSPS) is 13.4. The van der Waals surface area contributed by atoms with Crippen LogP contribution in [0.1, 0.15) is 39.9 Å². The summed E-state index contributed by atoms with van der Waals surface area (Å²) in [6.45, 7) is 0. The highest BCUT2D eigenvalue weighted by Gasteiger charge is 2.47. The topological polar surface area (TPSA) is 4.93 Å². The number of aromatic nitrogens is 1. The molecular weight excluding hydrogens is 747 g/mol. The molecule has 0 N–H and O–H groups in total. The Morgan fingerprint density at radius 2 is 0.823 bits per heavy atom. The van der Waals surface area contributed by atoms with E-state index in [0.717, 1.165) is 12.8 Å². The number of benzene rings is 9. The van der Waals surface area contributed by atoms with Gasteiger partial charge in [-0.15, -0.1) is 0 Å². The highest BCUT2D eigenvalue weighted by atomic mass is 15.0. The number of allylic oxidation sites excluding steroid dienone is 1. The van der Waals surface area contributed by atoms with Crippen LogP contribution in [0.2, 0.25) is 0 Å². The molecule has 0 saturated heterocycles. The van der Waals surface area contributed by atoms with Crippen molar-refractivity contribution in [2.45, 2.75) is 18.3 Å². The highest BCUT2D eigenvalue weighted by molar-refractivity contribution is 6.01. The Morgan fingerprint density at radius 3 is 1.32 bits per heavy atom. The minimum atomic E-state index is -0.703. The number of nitrogens with zero attached hydrogens (tertiary/aromatic N) is 1. The lowest BCUT2D eigenvalue weighted by molar-refractivity contribution is 0.770. The average Bonchev–Trinajstić information content (AvgIpc) is 3.84. The predicted octanol–water partition coefficient (Wildman–Crippen LogP) is 15.6. The molecule has 1 aromatic heterocycles. The Kier molecular flexibility index (Phi) is 8.61. The smallest absolute Gasteiger partial charge is 0.0715 e. The van der Waals surface area contributed by atoms with Gasteiger partial charge in [0.25, 0.3) is 0 Å². The monoisotopic (exact) mass is 789 g/mol. The van der Waals surface area contributed by atoms with E-state index in [-0.39, 0.29) is 0 Å². The molecule has 62 heavy (non-hydrogen) atoms. The zero-order valence-electron chi connectivity index (χ0n) is 34.4. The zero-order valence-corrected chi connectivity index (χ0v) is 34.4. The van der Waals surface area contributed by atoms with Crippen LogP contribution in [-0.4, -0.2) is 4.57 Å². The first kappa shape index (κ1) is 36.1. The SMILES string of the molecule is C1=Cc2c(n(-c3ccccc3)c3cc4c(cc23)-c2ccccc2C4(c2cc(-c3ccccc3)cc(-c3ccccc3)c2)c2cc(-c3ccccc3)cc(-c3ccccc3)c2)CC1. The maximum absolute atomic E-state index is 2.57. The van der Waals surface area contributed by atoms with Crippen molar-refractivity contribution in [1.29, 1.82) is 0 Å². The fourth-order valence-electron chi connectivity index (χ4n) is 10.5.